The number of nitrogens with zero attached hydrogens (tertiary/aromatic N) is 2. The maximum atomic E-state index is 12.2. The van der Waals surface area contributed by atoms with E-state index in [1.165, 1.54) is 29.2 Å². The Morgan fingerprint density at radius 1 is 1.14 bits per heavy atom. The average molecular weight is 412 g/mol. The van der Waals surface area contributed by atoms with E-state index in [4.69, 9.17) is 11.6 Å². The quantitative estimate of drug-likeness (QED) is 0.568. The molecule has 0 radical (unpaired) electrons. The van der Waals surface area contributed by atoms with Gasteiger partial charge in [-0.3, -0.25) is 14.5 Å². The average Bonchev–Trinajstić information content (AvgIpc) is 3.13. The van der Waals surface area contributed by atoms with E-state index in [2.05, 4.69) is 10.3 Å². The fraction of sp³-hybridized carbons (Fsp3) is 0.0952. The molecule has 0 fully saturated rings. The number of halogens is 1. The largest absolute Gasteiger partial charge is 0.322 e. The van der Waals surface area contributed by atoms with E-state index < -0.39 is 0 Å². The van der Waals surface area contributed by atoms with E-state index in [0.717, 1.165) is 11.3 Å². The number of carbonyl (C=O) groups is 2. The molecule has 0 bridgehead atoms. The summed E-state index contributed by atoms with van der Waals surface area (Å²) < 4.78 is 0. The van der Waals surface area contributed by atoms with Crippen LogP contribution in [0, 0.1) is 6.92 Å². The second kappa shape index (κ2) is 8.82. The van der Waals surface area contributed by atoms with Crippen LogP contribution in [0.1, 0.15) is 18.2 Å². The summed E-state index contributed by atoms with van der Waals surface area (Å²) in [6.07, 6.45) is 3.01. The van der Waals surface area contributed by atoms with Gasteiger partial charge in [0, 0.05) is 29.1 Å². The molecule has 0 aliphatic heterocycles. The van der Waals surface area contributed by atoms with Crippen LogP contribution in [0.3, 0.4) is 0 Å². The molecule has 2 amide bonds. The van der Waals surface area contributed by atoms with Crippen molar-refractivity contribution >= 4 is 57.3 Å². The van der Waals surface area contributed by atoms with Crippen LogP contribution in [0.25, 0.3) is 6.08 Å². The fourth-order valence-corrected chi connectivity index (χ4v) is 3.57. The molecule has 1 aromatic heterocycles. The Balaban J connectivity index is 1.74. The van der Waals surface area contributed by atoms with Crippen LogP contribution in [-0.2, 0) is 9.59 Å². The first-order valence-electron chi connectivity index (χ1n) is 8.51. The molecule has 3 rings (SSSR count). The number of thiazole rings is 1. The standard InChI is InChI=1S/C21H18ClN3O2S/c1-14-18(22)9-6-10-19(14)24-20(27)12-11-16-13-28-21(23-16)25(15(2)26)17-7-4-3-5-8-17/h3-13H,1-2H3,(H,24,27). The SMILES string of the molecule is CC(=O)N(c1ccccc1)c1nc(C=CC(=O)Nc2cccc(Cl)c2C)cs1. The topological polar surface area (TPSA) is 62.3 Å². The van der Waals surface area contributed by atoms with Crippen molar-refractivity contribution in [2.75, 3.05) is 10.2 Å². The van der Waals surface area contributed by atoms with Gasteiger partial charge in [-0.15, -0.1) is 11.3 Å². The third kappa shape index (κ3) is 4.65. The summed E-state index contributed by atoms with van der Waals surface area (Å²) >= 11 is 7.40. The summed E-state index contributed by atoms with van der Waals surface area (Å²) in [6.45, 7) is 3.33. The lowest BCUT2D eigenvalue weighted by atomic mass is 10.2. The normalized spacial score (nSPS) is 10.8. The number of anilines is 3. The first-order valence-corrected chi connectivity index (χ1v) is 9.77. The third-order valence-corrected chi connectivity index (χ3v) is 5.21. The molecule has 2 aromatic carbocycles. The molecule has 0 saturated carbocycles. The van der Waals surface area contributed by atoms with Crippen molar-refractivity contribution in [1.82, 2.24) is 4.98 Å². The number of amides is 2. The Kier molecular flexibility index (Phi) is 6.23. The van der Waals surface area contributed by atoms with Gasteiger partial charge >= 0.3 is 0 Å². The Morgan fingerprint density at radius 3 is 2.61 bits per heavy atom. The molecule has 0 saturated heterocycles. The zero-order chi connectivity index (χ0) is 20.1. The highest BCUT2D eigenvalue weighted by Crippen LogP contribution is 2.29. The van der Waals surface area contributed by atoms with Gasteiger partial charge in [0.05, 0.1) is 11.4 Å². The van der Waals surface area contributed by atoms with E-state index in [0.29, 0.717) is 21.5 Å². The zero-order valence-electron chi connectivity index (χ0n) is 15.3. The monoisotopic (exact) mass is 411 g/mol. The number of para-hydroxylation sites is 1. The number of nitrogens with one attached hydrogen (secondary N) is 1. The Labute approximate surface area is 172 Å². The van der Waals surface area contributed by atoms with Crippen LogP contribution < -0.4 is 10.2 Å². The lowest BCUT2D eigenvalue weighted by molar-refractivity contribution is -0.116. The van der Waals surface area contributed by atoms with Crippen LogP contribution in [0.5, 0.6) is 0 Å². The number of benzene rings is 2. The van der Waals surface area contributed by atoms with Crippen molar-refractivity contribution in [3.8, 4) is 0 Å². The molecule has 142 valence electrons. The van der Waals surface area contributed by atoms with Crippen molar-refractivity contribution in [2.45, 2.75) is 13.8 Å². The van der Waals surface area contributed by atoms with E-state index in [-0.39, 0.29) is 11.8 Å². The van der Waals surface area contributed by atoms with Crippen molar-refractivity contribution in [1.29, 1.82) is 0 Å². The highest BCUT2D eigenvalue weighted by Gasteiger charge is 2.17. The summed E-state index contributed by atoms with van der Waals surface area (Å²) in [7, 11) is 0. The van der Waals surface area contributed by atoms with Gasteiger partial charge in [-0.05, 0) is 42.8 Å². The minimum Gasteiger partial charge on any atom is -0.322 e. The van der Waals surface area contributed by atoms with Crippen molar-refractivity contribution in [2.24, 2.45) is 0 Å². The summed E-state index contributed by atoms with van der Waals surface area (Å²) in [5.74, 6) is -0.420. The maximum Gasteiger partial charge on any atom is 0.248 e. The van der Waals surface area contributed by atoms with Crippen molar-refractivity contribution < 1.29 is 9.59 Å². The molecular weight excluding hydrogens is 394 g/mol. The van der Waals surface area contributed by atoms with Gasteiger partial charge in [0.25, 0.3) is 0 Å². The van der Waals surface area contributed by atoms with Crippen molar-refractivity contribution in [3.05, 3.63) is 76.3 Å². The lowest BCUT2D eigenvalue weighted by Crippen LogP contribution is -2.22. The predicted octanol–water partition coefficient (Wildman–Crippen LogP) is 5.44. The number of carbonyl (C=O) groups excluding carboxylic acids is 2. The third-order valence-electron chi connectivity index (χ3n) is 3.96. The fourth-order valence-electron chi connectivity index (χ4n) is 2.54. The molecule has 0 atom stereocenters. The van der Waals surface area contributed by atoms with Gasteiger partial charge in [0.1, 0.15) is 0 Å². The Morgan fingerprint density at radius 2 is 1.89 bits per heavy atom. The van der Waals surface area contributed by atoms with Gasteiger partial charge < -0.3 is 5.32 Å². The van der Waals surface area contributed by atoms with Gasteiger partial charge in [-0.2, -0.15) is 0 Å². The summed E-state index contributed by atoms with van der Waals surface area (Å²) in [6, 6.07) is 14.6. The predicted molar refractivity (Wildman–Crippen MR) is 115 cm³/mol. The van der Waals surface area contributed by atoms with Gasteiger partial charge in [0.2, 0.25) is 11.8 Å². The first kappa shape index (κ1) is 19.8. The Hall–Kier alpha value is -2.96. The Bertz CT molecular complexity index is 1030. The van der Waals surface area contributed by atoms with E-state index >= 15 is 0 Å². The number of aromatic nitrogens is 1. The van der Waals surface area contributed by atoms with Crippen molar-refractivity contribution in [3.63, 3.8) is 0 Å². The zero-order valence-corrected chi connectivity index (χ0v) is 16.9. The van der Waals surface area contributed by atoms with E-state index in [1.807, 2.05) is 37.3 Å². The van der Waals surface area contributed by atoms with Crippen LogP contribution in [-0.4, -0.2) is 16.8 Å². The molecule has 1 N–H and O–H groups in total. The first-order chi connectivity index (χ1) is 13.5. The molecule has 5 nitrogen and oxygen atoms in total. The molecule has 0 aliphatic carbocycles. The second-order valence-corrected chi connectivity index (χ2v) is 7.22. The smallest absolute Gasteiger partial charge is 0.248 e. The highest BCUT2D eigenvalue weighted by molar-refractivity contribution is 7.14. The molecule has 0 unspecified atom stereocenters. The minimum atomic E-state index is -0.286. The molecule has 1 heterocycles. The lowest BCUT2D eigenvalue weighted by Gasteiger charge is -2.17. The molecule has 3 aromatic rings. The van der Waals surface area contributed by atoms with E-state index in [1.54, 1.807) is 29.7 Å². The molecule has 0 spiro atoms. The summed E-state index contributed by atoms with van der Waals surface area (Å²) in [4.78, 5) is 30.3. The number of hydrogen-bond donors (Lipinski definition) is 1. The summed E-state index contributed by atoms with van der Waals surface area (Å²) in [5.41, 5.74) is 2.81. The maximum absolute atomic E-state index is 12.2. The molecular formula is C21H18ClN3O2S. The second-order valence-electron chi connectivity index (χ2n) is 5.98. The van der Waals surface area contributed by atoms with Crippen LogP contribution in [0.15, 0.2) is 60.0 Å². The molecule has 0 aliphatic rings. The van der Waals surface area contributed by atoms with Gasteiger partial charge in [-0.25, -0.2) is 4.98 Å². The molecule has 7 heteroatoms. The van der Waals surface area contributed by atoms with Crippen LogP contribution in [0.2, 0.25) is 5.02 Å². The summed E-state index contributed by atoms with van der Waals surface area (Å²) in [5, 5.41) is 5.73. The molecule has 28 heavy (non-hydrogen) atoms. The number of rotatable bonds is 5. The van der Waals surface area contributed by atoms with E-state index in [9.17, 15) is 9.59 Å². The van der Waals surface area contributed by atoms with Gasteiger partial charge in [-0.1, -0.05) is 35.9 Å². The number of hydrogen-bond acceptors (Lipinski definition) is 4. The van der Waals surface area contributed by atoms with Crippen LogP contribution in [0.4, 0.5) is 16.5 Å². The minimum absolute atomic E-state index is 0.134. The van der Waals surface area contributed by atoms with Crippen LogP contribution >= 0.6 is 22.9 Å². The highest BCUT2D eigenvalue weighted by atomic mass is 35.5. The van der Waals surface area contributed by atoms with Gasteiger partial charge in [0.15, 0.2) is 5.13 Å².